The van der Waals surface area contributed by atoms with Crippen molar-refractivity contribution in [3.8, 4) is 11.6 Å². The summed E-state index contributed by atoms with van der Waals surface area (Å²) in [5.41, 5.74) is 4.24. The number of alkyl halides is 3. The number of fused-ring (bicyclic) bond motifs is 1. The average Bonchev–Trinajstić information content (AvgIpc) is 2.84. The molecule has 0 saturated heterocycles. The maximum absolute atomic E-state index is 12.7. The van der Waals surface area contributed by atoms with Gasteiger partial charge in [-0.25, -0.2) is 4.98 Å². The molecule has 0 bridgehead atoms. The molecular weight excluding hydrogens is 437 g/mol. The summed E-state index contributed by atoms with van der Waals surface area (Å²) < 4.78 is 43.9. The predicted octanol–water partition coefficient (Wildman–Crippen LogP) is 7.75. The number of pyridine rings is 1. The smallest absolute Gasteiger partial charge is 0.417 e. The van der Waals surface area contributed by atoms with E-state index in [4.69, 9.17) is 4.74 Å². The Hall–Kier alpha value is -3.54. The minimum Gasteiger partial charge on any atom is -0.439 e. The third-order valence-corrected chi connectivity index (χ3v) is 6.40. The molecule has 3 aromatic rings. The standard InChI is InChI=1S/C28H25F3N2O/c29-28(30,31)23-12-15-27(32-19-23)34-25-8-3-5-21(18-25)17-20-10-13-24(14-11-20)33-16-4-7-22-6-1-2-9-26(22)33/h1-9,12,15,17-19,24H,10-11,13-14,16H2. The molecule has 34 heavy (non-hydrogen) atoms. The molecule has 5 rings (SSSR count). The summed E-state index contributed by atoms with van der Waals surface area (Å²) in [7, 11) is 0. The van der Waals surface area contributed by atoms with Gasteiger partial charge in [-0.15, -0.1) is 0 Å². The number of nitrogens with zero attached hydrogens (tertiary/aromatic N) is 2. The Bertz CT molecular complexity index is 1200. The van der Waals surface area contributed by atoms with E-state index in [0.717, 1.165) is 50.1 Å². The Kier molecular flexibility index (Phi) is 6.14. The number of rotatable bonds is 4. The van der Waals surface area contributed by atoms with Crippen LogP contribution < -0.4 is 9.64 Å². The first-order valence-corrected chi connectivity index (χ1v) is 11.5. The number of halogens is 3. The van der Waals surface area contributed by atoms with E-state index >= 15 is 0 Å². The zero-order valence-electron chi connectivity index (χ0n) is 18.6. The first-order chi connectivity index (χ1) is 16.5. The van der Waals surface area contributed by atoms with Crippen LogP contribution in [0.2, 0.25) is 0 Å². The van der Waals surface area contributed by atoms with Crippen LogP contribution in [0.5, 0.6) is 11.6 Å². The summed E-state index contributed by atoms with van der Waals surface area (Å²) in [6.45, 7) is 0.956. The van der Waals surface area contributed by atoms with Gasteiger partial charge in [0.2, 0.25) is 5.88 Å². The van der Waals surface area contributed by atoms with Gasteiger partial charge in [-0.3, -0.25) is 0 Å². The van der Waals surface area contributed by atoms with Crippen LogP contribution in [-0.4, -0.2) is 17.6 Å². The van der Waals surface area contributed by atoms with Crippen molar-refractivity contribution in [3.63, 3.8) is 0 Å². The zero-order valence-corrected chi connectivity index (χ0v) is 18.6. The van der Waals surface area contributed by atoms with Crippen LogP contribution >= 0.6 is 0 Å². The normalized spacial score (nSPS) is 17.9. The minimum absolute atomic E-state index is 0.133. The molecule has 1 aliphatic heterocycles. The van der Waals surface area contributed by atoms with Gasteiger partial charge in [0, 0.05) is 30.5 Å². The molecule has 1 aromatic heterocycles. The Morgan fingerprint density at radius 3 is 2.56 bits per heavy atom. The molecule has 3 nitrogen and oxygen atoms in total. The first-order valence-electron chi connectivity index (χ1n) is 11.5. The number of para-hydroxylation sites is 1. The summed E-state index contributed by atoms with van der Waals surface area (Å²) in [6.07, 6.45) is 7.32. The van der Waals surface area contributed by atoms with Gasteiger partial charge in [0.05, 0.1) is 5.56 Å². The van der Waals surface area contributed by atoms with E-state index in [-0.39, 0.29) is 5.88 Å². The summed E-state index contributed by atoms with van der Waals surface area (Å²) >= 11 is 0. The van der Waals surface area contributed by atoms with Crippen LogP contribution in [0.25, 0.3) is 12.2 Å². The number of hydrogen-bond acceptors (Lipinski definition) is 3. The Morgan fingerprint density at radius 2 is 1.79 bits per heavy atom. The SMILES string of the molecule is FC(F)(F)c1ccc(Oc2cccc(C=C3CCC(N4CC=Cc5ccccc54)CC3)c2)nc1. The van der Waals surface area contributed by atoms with Crippen LogP contribution in [0, 0.1) is 0 Å². The van der Waals surface area contributed by atoms with Gasteiger partial charge in [-0.2, -0.15) is 13.2 Å². The quantitative estimate of drug-likeness (QED) is 0.396. The lowest BCUT2D eigenvalue weighted by molar-refractivity contribution is -0.137. The van der Waals surface area contributed by atoms with Crippen molar-refractivity contribution in [1.82, 2.24) is 4.98 Å². The van der Waals surface area contributed by atoms with E-state index in [1.807, 2.05) is 18.2 Å². The maximum atomic E-state index is 12.7. The lowest BCUT2D eigenvalue weighted by Gasteiger charge is -2.38. The summed E-state index contributed by atoms with van der Waals surface area (Å²) in [4.78, 5) is 6.31. The molecule has 2 aliphatic rings. The number of aromatic nitrogens is 1. The van der Waals surface area contributed by atoms with Gasteiger partial charge in [-0.1, -0.05) is 54.1 Å². The molecule has 0 unspecified atom stereocenters. The minimum atomic E-state index is -4.41. The number of hydrogen-bond donors (Lipinski definition) is 0. The molecule has 0 N–H and O–H groups in total. The van der Waals surface area contributed by atoms with Crippen molar-refractivity contribution in [3.05, 3.63) is 95.2 Å². The molecule has 6 heteroatoms. The van der Waals surface area contributed by atoms with Gasteiger partial charge in [0.25, 0.3) is 0 Å². The fourth-order valence-electron chi connectivity index (χ4n) is 4.69. The second-order valence-corrected chi connectivity index (χ2v) is 8.70. The van der Waals surface area contributed by atoms with Crippen molar-refractivity contribution in [2.45, 2.75) is 37.9 Å². The van der Waals surface area contributed by atoms with Crippen LogP contribution in [0.4, 0.5) is 18.9 Å². The molecule has 2 aromatic carbocycles. The molecule has 2 heterocycles. The van der Waals surface area contributed by atoms with E-state index in [2.05, 4.69) is 52.4 Å². The molecule has 0 spiro atoms. The van der Waals surface area contributed by atoms with Crippen molar-refractivity contribution in [2.75, 3.05) is 11.4 Å². The Labute approximate surface area is 197 Å². The molecule has 1 fully saturated rings. The van der Waals surface area contributed by atoms with Crippen LogP contribution in [0.15, 0.2) is 78.5 Å². The topological polar surface area (TPSA) is 25.4 Å². The molecule has 0 atom stereocenters. The van der Waals surface area contributed by atoms with Crippen molar-refractivity contribution < 1.29 is 17.9 Å². The third kappa shape index (κ3) is 5.01. The van der Waals surface area contributed by atoms with Gasteiger partial charge in [-0.05, 0) is 61.1 Å². The van der Waals surface area contributed by atoms with E-state index in [1.165, 1.54) is 22.9 Å². The number of benzene rings is 2. The molecule has 174 valence electrons. The van der Waals surface area contributed by atoms with Gasteiger partial charge in [0.15, 0.2) is 0 Å². The van der Waals surface area contributed by atoms with E-state index in [0.29, 0.717) is 11.8 Å². The maximum Gasteiger partial charge on any atom is 0.417 e. The molecular formula is C28H25F3N2O. The molecule has 1 saturated carbocycles. The summed E-state index contributed by atoms with van der Waals surface area (Å²) in [5, 5.41) is 0. The fourth-order valence-corrected chi connectivity index (χ4v) is 4.69. The monoisotopic (exact) mass is 462 g/mol. The highest BCUT2D eigenvalue weighted by atomic mass is 19.4. The van der Waals surface area contributed by atoms with Gasteiger partial charge >= 0.3 is 6.18 Å². The van der Waals surface area contributed by atoms with Crippen LogP contribution in [0.1, 0.15) is 42.4 Å². The number of allylic oxidation sites excluding steroid dienone is 1. The Balaban J connectivity index is 1.22. The number of ether oxygens (including phenoxy) is 1. The van der Waals surface area contributed by atoms with Crippen LogP contribution in [-0.2, 0) is 6.18 Å². The highest BCUT2D eigenvalue weighted by Crippen LogP contribution is 2.35. The van der Waals surface area contributed by atoms with E-state index in [9.17, 15) is 13.2 Å². The molecule has 1 aliphatic carbocycles. The highest BCUT2D eigenvalue weighted by molar-refractivity contribution is 5.71. The second kappa shape index (κ2) is 9.37. The van der Waals surface area contributed by atoms with Gasteiger partial charge in [0.1, 0.15) is 5.75 Å². The molecule has 0 amide bonds. The second-order valence-electron chi connectivity index (χ2n) is 8.70. The highest BCUT2D eigenvalue weighted by Gasteiger charge is 2.30. The lowest BCUT2D eigenvalue weighted by atomic mass is 9.87. The van der Waals surface area contributed by atoms with E-state index in [1.54, 1.807) is 6.07 Å². The fraction of sp³-hybridized carbons (Fsp3) is 0.250. The van der Waals surface area contributed by atoms with Crippen molar-refractivity contribution in [2.24, 2.45) is 0 Å². The zero-order chi connectivity index (χ0) is 23.5. The molecule has 0 radical (unpaired) electrons. The summed E-state index contributed by atoms with van der Waals surface area (Å²) in [5.74, 6) is 0.682. The van der Waals surface area contributed by atoms with Crippen molar-refractivity contribution in [1.29, 1.82) is 0 Å². The third-order valence-electron chi connectivity index (χ3n) is 6.40. The first kappa shape index (κ1) is 22.3. The Morgan fingerprint density at radius 1 is 0.971 bits per heavy atom. The van der Waals surface area contributed by atoms with Crippen molar-refractivity contribution >= 4 is 17.8 Å². The van der Waals surface area contributed by atoms with Gasteiger partial charge < -0.3 is 9.64 Å². The largest absolute Gasteiger partial charge is 0.439 e. The van der Waals surface area contributed by atoms with Crippen LogP contribution in [0.3, 0.4) is 0 Å². The average molecular weight is 463 g/mol. The predicted molar refractivity (Wildman–Crippen MR) is 129 cm³/mol. The number of anilines is 1. The summed E-state index contributed by atoms with van der Waals surface area (Å²) in [6, 6.07) is 18.9. The lowest BCUT2D eigenvalue weighted by Crippen LogP contribution is -2.38. The van der Waals surface area contributed by atoms with E-state index < -0.39 is 11.7 Å².